The predicted octanol–water partition coefficient (Wildman–Crippen LogP) is 6.30. The molecular formula is C50H77N5O11. The monoisotopic (exact) mass is 924 g/mol. The third-order valence-electron chi connectivity index (χ3n) is 12.5. The van der Waals surface area contributed by atoms with E-state index in [9.17, 15) is 29.4 Å². The third-order valence-corrected chi connectivity index (χ3v) is 12.5. The van der Waals surface area contributed by atoms with Crippen LogP contribution in [0.1, 0.15) is 153 Å². The van der Waals surface area contributed by atoms with Crippen LogP contribution in [0.15, 0.2) is 36.4 Å². The van der Waals surface area contributed by atoms with Crippen LogP contribution in [0.25, 0.3) is 0 Å². The van der Waals surface area contributed by atoms with Crippen molar-refractivity contribution in [3.8, 4) is 23.0 Å². The SMILES string of the molecule is CCCCCCCC(=O)N[C@H](CN1CCCC1)[C@H](O)c1ccc2c(c1)OCCO2.CCCCCCCC(=O)ON1C(=O)CCC1=O.N[C@H](CN1CCCC1)[C@H](O)c1ccc2c(c1)OCCO2. The van der Waals surface area contributed by atoms with Crippen molar-refractivity contribution in [1.82, 2.24) is 20.2 Å². The topological polar surface area (TPSA) is 203 Å². The molecule has 3 fully saturated rings. The second-order valence-corrected chi connectivity index (χ2v) is 17.9. The Labute approximate surface area is 391 Å². The van der Waals surface area contributed by atoms with Gasteiger partial charge < -0.3 is 54.8 Å². The van der Waals surface area contributed by atoms with Gasteiger partial charge in [-0.15, -0.1) is 5.06 Å². The number of carbonyl (C=O) groups excluding carboxylic acids is 4. The number of carbonyl (C=O) groups is 4. The van der Waals surface area contributed by atoms with Gasteiger partial charge in [0.15, 0.2) is 23.0 Å². The molecule has 0 aromatic heterocycles. The molecule has 7 rings (SSSR count). The summed E-state index contributed by atoms with van der Waals surface area (Å²) in [6.45, 7) is 12.1. The first kappa shape index (κ1) is 52.5. The number of rotatable bonds is 22. The van der Waals surface area contributed by atoms with E-state index in [1.54, 1.807) is 0 Å². The number of amides is 3. The zero-order valence-electron chi connectivity index (χ0n) is 39.6. The summed E-state index contributed by atoms with van der Waals surface area (Å²) in [6.07, 6.45) is 15.2. The molecule has 368 valence electrons. The van der Waals surface area contributed by atoms with Crippen LogP contribution in [-0.4, -0.2) is 127 Å². The minimum Gasteiger partial charge on any atom is -0.486 e. The number of aliphatic hydroxyl groups excluding tert-OH is 2. The summed E-state index contributed by atoms with van der Waals surface area (Å²) in [5, 5.41) is 25.2. The standard InChI is InChI=1S/C23H36N2O4.C15H22N2O3.C12H19NO4/c1-2-3-4-5-6-9-22(26)24-19(17-25-12-7-8-13-25)23(27)18-10-11-20-21(16-18)29-15-14-28-20;16-12(10-17-5-1-2-6-17)15(18)11-3-4-13-14(9-11)20-8-7-19-13;1-2-3-4-5-6-7-12(16)17-13-10(14)8-9-11(13)15/h10-11,16,19,23,27H,2-9,12-15,17H2,1H3,(H,24,26);3-4,9,12,15,18H,1-2,5-8,10,16H2;2-9H2,1H3/t19-,23-;12-,15-;/m11./s1. The van der Waals surface area contributed by atoms with E-state index in [1.165, 1.54) is 44.9 Å². The second kappa shape index (κ2) is 28.6. The van der Waals surface area contributed by atoms with Crippen LogP contribution in [0.2, 0.25) is 0 Å². The summed E-state index contributed by atoms with van der Waals surface area (Å²) < 4.78 is 22.3. The number of benzene rings is 2. The Kier molecular flexibility index (Phi) is 22.8. The lowest BCUT2D eigenvalue weighted by Crippen LogP contribution is -2.46. The van der Waals surface area contributed by atoms with Gasteiger partial charge in [0.05, 0.1) is 12.1 Å². The molecule has 0 spiro atoms. The molecule has 0 radical (unpaired) electrons. The number of likely N-dealkylation sites (tertiary alicyclic amines) is 2. The summed E-state index contributed by atoms with van der Waals surface area (Å²) >= 11 is 0. The lowest BCUT2D eigenvalue weighted by Gasteiger charge is -2.29. The number of ether oxygens (including phenoxy) is 4. The zero-order chi connectivity index (χ0) is 47.1. The number of hydrogen-bond acceptors (Lipinski definition) is 14. The van der Waals surface area contributed by atoms with Crippen molar-refractivity contribution in [3.05, 3.63) is 47.5 Å². The fourth-order valence-electron chi connectivity index (χ4n) is 8.64. The van der Waals surface area contributed by atoms with Gasteiger partial charge in [-0.2, -0.15) is 0 Å². The van der Waals surface area contributed by atoms with E-state index >= 15 is 0 Å². The summed E-state index contributed by atoms with van der Waals surface area (Å²) in [5.74, 6) is 1.49. The van der Waals surface area contributed by atoms with Crippen molar-refractivity contribution in [3.63, 3.8) is 0 Å². The van der Waals surface area contributed by atoms with Gasteiger partial charge in [-0.3, -0.25) is 14.4 Å². The maximum Gasteiger partial charge on any atom is 0.333 e. The van der Waals surface area contributed by atoms with E-state index in [4.69, 9.17) is 29.5 Å². The predicted molar refractivity (Wildman–Crippen MR) is 250 cm³/mol. The highest BCUT2D eigenvalue weighted by molar-refractivity contribution is 6.01. The van der Waals surface area contributed by atoms with Crippen LogP contribution in [0.3, 0.4) is 0 Å². The normalized spacial score (nSPS) is 18.7. The highest BCUT2D eigenvalue weighted by Gasteiger charge is 2.33. The van der Waals surface area contributed by atoms with Crippen LogP contribution in [0, 0.1) is 0 Å². The van der Waals surface area contributed by atoms with E-state index in [2.05, 4.69) is 29.0 Å². The number of nitrogens with two attached hydrogens (primary N) is 1. The summed E-state index contributed by atoms with van der Waals surface area (Å²) in [6, 6.07) is 10.5. The van der Waals surface area contributed by atoms with Crippen molar-refractivity contribution < 1.29 is 53.2 Å². The van der Waals surface area contributed by atoms with Crippen molar-refractivity contribution in [2.24, 2.45) is 5.73 Å². The Balaban J connectivity index is 0.000000194. The minimum absolute atomic E-state index is 0.0299. The minimum atomic E-state index is -0.782. The van der Waals surface area contributed by atoms with Gasteiger partial charge in [-0.25, -0.2) is 4.79 Å². The molecule has 5 N–H and O–H groups in total. The Morgan fingerprint density at radius 2 is 1.09 bits per heavy atom. The van der Waals surface area contributed by atoms with E-state index in [-0.39, 0.29) is 37.3 Å². The van der Waals surface area contributed by atoms with Crippen LogP contribution in [-0.2, 0) is 24.0 Å². The zero-order valence-corrected chi connectivity index (χ0v) is 39.6. The molecule has 2 aromatic rings. The highest BCUT2D eigenvalue weighted by Crippen LogP contribution is 2.35. The fraction of sp³-hybridized carbons (Fsp3) is 0.680. The van der Waals surface area contributed by atoms with Gasteiger partial charge in [0.25, 0.3) is 11.8 Å². The van der Waals surface area contributed by atoms with Crippen LogP contribution >= 0.6 is 0 Å². The molecular weight excluding hydrogens is 847 g/mol. The molecule has 66 heavy (non-hydrogen) atoms. The summed E-state index contributed by atoms with van der Waals surface area (Å²) in [5.41, 5.74) is 7.69. The van der Waals surface area contributed by atoms with Crippen molar-refractivity contribution in [2.75, 3.05) is 65.7 Å². The number of unbranched alkanes of at least 4 members (excludes halogenated alkanes) is 8. The molecule has 2 aromatic carbocycles. The smallest absolute Gasteiger partial charge is 0.333 e. The Morgan fingerprint density at radius 1 is 0.636 bits per heavy atom. The average Bonchev–Trinajstić information content (AvgIpc) is 4.12. The van der Waals surface area contributed by atoms with Gasteiger partial charge in [0, 0.05) is 44.8 Å². The summed E-state index contributed by atoms with van der Waals surface area (Å²) in [4.78, 5) is 55.6. The van der Waals surface area contributed by atoms with Crippen molar-refractivity contribution in [1.29, 1.82) is 0 Å². The summed E-state index contributed by atoms with van der Waals surface area (Å²) in [7, 11) is 0. The maximum absolute atomic E-state index is 12.5. The molecule has 0 bridgehead atoms. The van der Waals surface area contributed by atoms with Gasteiger partial charge in [-0.05, 0) is 100 Å². The number of hydrogen-bond donors (Lipinski definition) is 4. The molecule has 16 nitrogen and oxygen atoms in total. The Morgan fingerprint density at radius 3 is 1.61 bits per heavy atom. The van der Waals surface area contributed by atoms with Crippen LogP contribution < -0.4 is 30.0 Å². The third kappa shape index (κ3) is 17.3. The number of nitrogens with zero attached hydrogens (tertiary/aromatic N) is 3. The number of hydroxylamine groups is 2. The van der Waals surface area contributed by atoms with E-state index in [1.807, 2.05) is 36.4 Å². The molecule has 3 saturated heterocycles. The van der Waals surface area contributed by atoms with E-state index in [0.717, 1.165) is 94.5 Å². The molecule has 4 atom stereocenters. The lowest BCUT2D eigenvalue weighted by atomic mass is 10.0. The quantitative estimate of drug-likeness (QED) is 0.0757. The highest BCUT2D eigenvalue weighted by atomic mass is 16.7. The number of imide groups is 1. The number of nitrogens with one attached hydrogen (secondary N) is 1. The van der Waals surface area contributed by atoms with Crippen molar-refractivity contribution in [2.45, 2.75) is 154 Å². The Hall–Kier alpha value is -4.48. The van der Waals surface area contributed by atoms with Gasteiger partial charge in [0.1, 0.15) is 32.5 Å². The number of aliphatic hydroxyl groups is 2. The molecule has 5 aliphatic heterocycles. The lowest BCUT2D eigenvalue weighted by molar-refractivity contribution is -0.197. The molecule has 0 unspecified atom stereocenters. The largest absolute Gasteiger partial charge is 0.486 e. The van der Waals surface area contributed by atoms with Gasteiger partial charge in [-0.1, -0.05) is 77.3 Å². The molecule has 5 heterocycles. The maximum atomic E-state index is 12.5. The molecule has 0 saturated carbocycles. The number of fused-ring (bicyclic) bond motifs is 2. The fourth-order valence-corrected chi connectivity index (χ4v) is 8.64. The second-order valence-electron chi connectivity index (χ2n) is 17.9. The average molecular weight is 924 g/mol. The molecule has 5 aliphatic rings. The van der Waals surface area contributed by atoms with Crippen LogP contribution in [0.4, 0.5) is 0 Å². The first-order chi connectivity index (χ1) is 32.1. The van der Waals surface area contributed by atoms with Crippen LogP contribution in [0.5, 0.6) is 23.0 Å². The molecule has 3 amide bonds. The van der Waals surface area contributed by atoms with E-state index in [0.29, 0.717) is 61.7 Å². The van der Waals surface area contributed by atoms with E-state index < -0.39 is 30.0 Å². The van der Waals surface area contributed by atoms with Crippen molar-refractivity contribution >= 4 is 23.7 Å². The Bertz CT molecular complexity index is 1790. The molecule has 16 heteroatoms. The van der Waals surface area contributed by atoms with Gasteiger partial charge in [0.2, 0.25) is 5.91 Å². The first-order valence-corrected chi connectivity index (χ1v) is 24.8. The molecule has 0 aliphatic carbocycles. The first-order valence-electron chi connectivity index (χ1n) is 24.8. The van der Waals surface area contributed by atoms with Gasteiger partial charge >= 0.3 is 5.97 Å².